The molecule has 7 nitrogen and oxygen atoms in total. The van der Waals surface area contributed by atoms with Gasteiger partial charge in [-0.15, -0.1) is 0 Å². The Labute approximate surface area is 146 Å². The SMILES string of the molecule is CCN(C(=O)[C@@H]1CC[C@H](C(=O)O)O1)C1CCN(c2ccccc2)C1=O. The van der Waals surface area contributed by atoms with Crippen molar-refractivity contribution in [2.75, 3.05) is 18.0 Å². The minimum Gasteiger partial charge on any atom is -0.479 e. The number of carbonyl (C=O) groups excluding carboxylic acids is 2. The molecule has 1 aromatic carbocycles. The highest BCUT2D eigenvalue weighted by molar-refractivity contribution is 6.01. The average molecular weight is 346 g/mol. The summed E-state index contributed by atoms with van der Waals surface area (Å²) in [6.07, 6.45) is -0.469. The number of carboxylic acid groups (broad SMARTS) is 1. The van der Waals surface area contributed by atoms with E-state index in [9.17, 15) is 14.4 Å². The molecule has 0 spiro atoms. The van der Waals surface area contributed by atoms with Crippen molar-refractivity contribution in [1.29, 1.82) is 0 Å². The van der Waals surface area contributed by atoms with Crippen molar-refractivity contribution in [3.63, 3.8) is 0 Å². The molecule has 134 valence electrons. The van der Waals surface area contributed by atoms with Crippen molar-refractivity contribution in [3.05, 3.63) is 30.3 Å². The van der Waals surface area contributed by atoms with E-state index in [0.717, 1.165) is 5.69 Å². The zero-order chi connectivity index (χ0) is 18.0. The highest BCUT2D eigenvalue weighted by Gasteiger charge is 2.43. The molecule has 1 aromatic rings. The van der Waals surface area contributed by atoms with Gasteiger partial charge in [0.2, 0.25) is 5.91 Å². The summed E-state index contributed by atoms with van der Waals surface area (Å²) < 4.78 is 5.36. The monoisotopic (exact) mass is 346 g/mol. The van der Waals surface area contributed by atoms with Gasteiger partial charge in [-0.1, -0.05) is 18.2 Å². The van der Waals surface area contributed by atoms with Gasteiger partial charge in [0, 0.05) is 18.8 Å². The molecular formula is C18H22N2O5. The van der Waals surface area contributed by atoms with Crippen LogP contribution >= 0.6 is 0 Å². The lowest BCUT2D eigenvalue weighted by molar-refractivity contribution is -0.156. The Hall–Kier alpha value is -2.41. The first-order chi connectivity index (χ1) is 12.0. The van der Waals surface area contributed by atoms with Crippen LogP contribution in [0.15, 0.2) is 30.3 Å². The summed E-state index contributed by atoms with van der Waals surface area (Å²) in [7, 11) is 0. The van der Waals surface area contributed by atoms with Gasteiger partial charge >= 0.3 is 5.97 Å². The summed E-state index contributed by atoms with van der Waals surface area (Å²) in [6.45, 7) is 2.76. The molecule has 25 heavy (non-hydrogen) atoms. The molecular weight excluding hydrogens is 324 g/mol. The third-order valence-corrected chi connectivity index (χ3v) is 4.82. The highest BCUT2D eigenvalue weighted by atomic mass is 16.5. The van der Waals surface area contributed by atoms with Crippen LogP contribution in [0.3, 0.4) is 0 Å². The third kappa shape index (κ3) is 3.37. The first-order valence-corrected chi connectivity index (χ1v) is 8.58. The number of para-hydroxylation sites is 1. The minimum atomic E-state index is -1.05. The maximum atomic E-state index is 12.8. The number of hydrogen-bond acceptors (Lipinski definition) is 4. The number of aliphatic carboxylic acids is 1. The maximum Gasteiger partial charge on any atom is 0.332 e. The zero-order valence-corrected chi connectivity index (χ0v) is 14.1. The molecule has 2 amide bonds. The van der Waals surface area contributed by atoms with E-state index in [-0.39, 0.29) is 11.8 Å². The predicted molar refractivity (Wildman–Crippen MR) is 90.1 cm³/mol. The minimum absolute atomic E-state index is 0.103. The van der Waals surface area contributed by atoms with Crippen LogP contribution in [0.25, 0.3) is 0 Å². The van der Waals surface area contributed by atoms with Crippen LogP contribution in [0, 0.1) is 0 Å². The van der Waals surface area contributed by atoms with Crippen molar-refractivity contribution in [2.45, 2.75) is 44.4 Å². The third-order valence-electron chi connectivity index (χ3n) is 4.82. The van der Waals surface area contributed by atoms with Crippen molar-refractivity contribution < 1.29 is 24.2 Å². The van der Waals surface area contributed by atoms with Gasteiger partial charge in [-0.25, -0.2) is 4.79 Å². The van der Waals surface area contributed by atoms with E-state index in [2.05, 4.69) is 0 Å². The molecule has 1 N–H and O–H groups in total. The fraction of sp³-hybridized carbons (Fsp3) is 0.500. The predicted octanol–water partition coefficient (Wildman–Crippen LogP) is 1.27. The van der Waals surface area contributed by atoms with Gasteiger partial charge in [-0.05, 0) is 38.3 Å². The summed E-state index contributed by atoms with van der Waals surface area (Å²) >= 11 is 0. The molecule has 2 fully saturated rings. The maximum absolute atomic E-state index is 12.8. The molecule has 1 unspecified atom stereocenters. The largest absolute Gasteiger partial charge is 0.479 e. The zero-order valence-electron chi connectivity index (χ0n) is 14.1. The molecule has 2 heterocycles. The molecule has 2 aliphatic rings. The van der Waals surface area contributed by atoms with Crippen LogP contribution in [0.4, 0.5) is 5.69 Å². The van der Waals surface area contributed by atoms with Crippen LogP contribution in [0.2, 0.25) is 0 Å². The van der Waals surface area contributed by atoms with Crippen LogP contribution in [-0.2, 0) is 19.1 Å². The molecule has 3 atom stereocenters. The summed E-state index contributed by atoms with van der Waals surface area (Å²) in [5, 5.41) is 9.01. The lowest BCUT2D eigenvalue weighted by Gasteiger charge is -2.29. The van der Waals surface area contributed by atoms with E-state index in [1.54, 1.807) is 4.90 Å². The topological polar surface area (TPSA) is 87.2 Å². The highest BCUT2D eigenvalue weighted by Crippen LogP contribution is 2.27. The van der Waals surface area contributed by atoms with Gasteiger partial charge in [0.05, 0.1) is 0 Å². The van der Waals surface area contributed by atoms with Crippen molar-refractivity contribution >= 4 is 23.5 Å². The van der Waals surface area contributed by atoms with Gasteiger partial charge in [0.15, 0.2) is 6.10 Å². The number of carboxylic acids is 1. The van der Waals surface area contributed by atoms with Crippen molar-refractivity contribution in [1.82, 2.24) is 4.90 Å². The molecule has 3 rings (SSSR count). The second kappa shape index (κ2) is 7.23. The van der Waals surface area contributed by atoms with Gasteiger partial charge in [-0.2, -0.15) is 0 Å². The van der Waals surface area contributed by atoms with E-state index in [1.165, 1.54) is 4.90 Å². The molecule has 2 saturated heterocycles. The fourth-order valence-electron chi connectivity index (χ4n) is 3.53. The molecule has 0 saturated carbocycles. The van der Waals surface area contributed by atoms with Gasteiger partial charge < -0.3 is 19.6 Å². The van der Waals surface area contributed by atoms with Gasteiger partial charge in [0.25, 0.3) is 5.91 Å². The number of nitrogens with zero attached hydrogens (tertiary/aromatic N) is 2. The van der Waals surface area contributed by atoms with E-state index < -0.39 is 24.2 Å². The molecule has 0 radical (unpaired) electrons. The summed E-state index contributed by atoms with van der Waals surface area (Å²) in [5.41, 5.74) is 0.821. The van der Waals surface area contributed by atoms with E-state index >= 15 is 0 Å². The Morgan fingerprint density at radius 3 is 2.48 bits per heavy atom. The number of rotatable bonds is 5. The van der Waals surface area contributed by atoms with E-state index in [1.807, 2.05) is 37.3 Å². The average Bonchev–Trinajstić information content (AvgIpc) is 3.24. The Bertz CT molecular complexity index is 663. The summed E-state index contributed by atoms with van der Waals surface area (Å²) in [5.74, 6) is -1.45. The smallest absolute Gasteiger partial charge is 0.332 e. The quantitative estimate of drug-likeness (QED) is 0.868. The second-order valence-electron chi connectivity index (χ2n) is 6.28. The molecule has 0 aliphatic carbocycles. The van der Waals surface area contributed by atoms with Crippen LogP contribution in [0.1, 0.15) is 26.2 Å². The lowest BCUT2D eigenvalue weighted by Crippen LogP contribution is -2.49. The Morgan fingerprint density at radius 1 is 1.20 bits per heavy atom. The summed E-state index contributed by atoms with van der Waals surface area (Å²) in [4.78, 5) is 39.8. The molecule has 0 aromatic heterocycles. The fourth-order valence-corrected chi connectivity index (χ4v) is 3.53. The van der Waals surface area contributed by atoms with Gasteiger partial charge in [-0.3, -0.25) is 9.59 Å². The number of benzene rings is 1. The van der Waals surface area contributed by atoms with Crippen molar-refractivity contribution in [3.8, 4) is 0 Å². The van der Waals surface area contributed by atoms with Crippen molar-refractivity contribution in [2.24, 2.45) is 0 Å². The number of amides is 2. The first kappa shape index (κ1) is 17.4. The normalized spacial score (nSPS) is 26.0. The number of hydrogen-bond donors (Lipinski definition) is 1. The number of anilines is 1. The Kier molecular flexibility index (Phi) is 5.03. The van der Waals surface area contributed by atoms with Gasteiger partial charge in [0.1, 0.15) is 12.1 Å². The Balaban J connectivity index is 1.70. The second-order valence-corrected chi connectivity index (χ2v) is 6.28. The Morgan fingerprint density at radius 2 is 1.88 bits per heavy atom. The number of likely N-dealkylation sites (N-methyl/N-ethyl adjacent to an activating group) is 1. The lowest BCUT2D eigenvalue weighted by atomic mass is 10.1. The standard InChI is InChI=1S/C18H22N2O5/c1-2-19(17(22)14-8-9-15(25-14)18(23)24)13-10-11-20(16(13)21)12-6-4-3-5-7-12/h3-7,13-15H,2,8-11H2,1H3,(H,23,24)/t13?,14-,15+/m0/s1. The van der Waals surface area contributed by atoms with Crippen LogP contribution < -0.4 is 4.90 Å². The number of carbonyl (C=O) groups is 3. The molecule has 7 heteroatoms. The first-order valence-electron chi connectivity index (χ1n) is 8.58. The molecule has 2 aliphatic heterocycles. The van der Waals surface area contributed by atoms with Crippen LogP contribution in [0.5, 0.6) is 0 Å². The van der Waals surface area contributed by atoms with E-state index in [4.69, 9.17) is 9.84 Å². The van der Waals surface area contributed by atoms with Crippen LogP contribution in [-0.4, -0.2) is 59.1 Å². The van der Waals surface area contributed by atoms with E-state index in [0.29, 0.717) is 32.4 Å². The number of ether oxygens (including phenoxy) is 1. The summed E-state index contributed by atoms with van der Waals surface area (Å²) in [6, 6.07) is 8.85. The molecule has 0 bridgehead atoms.